The Labute approximate surface area is 120 Å². The second-order valence-corrected chi connectivity index (χ2v) is 5.30. The van der Waals surface area contributed by atoms with Gasteiger partial charge in [-0.1, -0.05) is 18.6 Å². The molecule has 110 valence electrons. The summed E-state index contributed by atoms with van der Waals surface area (Å²) in [5.41, 5.74) is 7.52. The van der Waals surface area contributed by atoms with Gasteiger partial charge >= 0.3 is 5.97 Å². The third-order valence-corrected chi connectivity index (χ3v) is 3.98. The van der Waals surface area contributed by atoms with Crippen molar-refractivity contribution in [3.05, 3.63) is 35.4 Å². The van der Waals surface area contributed by atoms with Crippen molar-refractivity contribution < 1.29 is 9.53 Å². The lowest BCUT2D eigenvalue weighted by atomic mass is 9.94. The molecular weight excluding hydrogens is 252 g/mol. The van der Waals surface area contributed by atoms with E-state index in [0.29, 0.717) is 11.6 Å². The molecule has 0 aromatic heterocycles. The molecule has 1 aromatic carbocycles. The number of carbonyl (C=O) groups excluding carboxylic acids is 1. The number of rotatable bonds is 5. The van der Waals surface area contributed by atoms with Crippen LogP contribution in [0, 0.1) is 0 Å². The van der Waals surface area contributed by atoms with Crippen LogP contribution in [-0.2, 0) is 4.74 Å². The molecule has 1 atom stereocenters. The highest BCUT2D eigenvalue weighted by atomic mass is 16.5. The van der Waals surface area contributed by atoms with E-state index in [4.69, 9.17) is 10.5 Å². The Hall–Kier alpha value is -1.39. The van der Waals surface area contributed by atoms with E-state index >= 15 is 0 Å². The fourth-order valence-electron chi connectivity index (χ4n) is 2.89. The van der Waals surface area contributed by atoms with Crippen LogP contribution >= 0.6 is 0 Å². The Balaban J connectivity index is 2.09. The normalized spacial score (nSPS) is 19.8. The maximum absolute atomic E-state index is 11.5. The lowest BCUT2D eigenvalue weighted by Gasteiger charge is -2.36. The highest BCUT2D eigenvalue weighted by Gasteiger charge is 2.23. The number of hydrogen-bond donors (Lipinski definition) is 1. The molecule has 20 heavy (non-hydrogen) atoms. The first kappa shape index (κ1) is 15.0. The van der Waals surface area contributed by atoms with Gasteiger partial charge in [-0.05, 0) is 56.6 Å². The van der Waals surface area contributed by atoms with Crippen molar-refractivity contribution in [1.82, 2.24) is 4.90 Å². The van der Waals surface area contributed by atoms with E-state index in [9.17, 15) is 4.79 Å². The zero-order valence-corrected chi connectivity index (χ0v) is 12.2. The van der Waals surface area contributed by atoms with Crippen LogP contribution in [0.2, 0.25) is 0 Å². The highest BCUT2D eigenvalue weighted by Crippen LogP contribution is 2.31. The van der Waals surface area contributed by atoms with E-state index in [1.165, 1.54) is 31.9 Å². The van der Waals surface area contributed by atoms with Gasteiger partial charge in [-0.15, -0.1) is 0 Å². The van der Waals surface area contributed by atoms with Gasteiger partial charge in [0.15, 0.2) is 0 Å². The molecule has 1 saturated heterocycles. The number of esters is 1. The van der Waals surface area contributed by atoms with E-state index in [-0.39, 0.29) is 5.97 Å². The zero-order chi connectivity index (χ0) is 14.4. The van der Waals surface area contributed by atoms with Gasteiger partial charge in [0.2, 0.25) is 0 Å². The van der Waals surface area contributed by atoms with Crippen LogP contribution in [0.4, 0.5) is 0 Å². The van der Waals surface area contributed by atoms with Crippen LogP contribution in [0.1, 0.15) is 47.6 Å². The van der Waals surface area contributed by atoms with Crippen LogP contribution in [-0.4, -0.2) is 37.6 Å². The molecule has 2 N–H and O–H groups in total. The summed E-state index contributed by atoms with van der Waals surface area (Å²) in [6.07, 6.45) is 4.75. The highest BCUT2D eigenvalue weighted by molar-refractivity contribution is 5.89. The molecule has 4 nitrogen and oxygen atoms in total. The Morgan fingerprint density at radius 2 is 2.10 bits per heavy atom. The first-order valence-electron chi connectivity index (χ1n) is 7.38. The molecule has 0 spiro atoms. The Morgan fingerprint density at radius 3 is 2.75 bits per heavy atom. The van der Waals surface area contributed by atoms with Gasteiger partial charge in [0.1, 0.15) is 0 Å². The predicted molar refractivity (Wildman–Crippen MR) is 79.6 cm³/mol. The van der Waals surface area contributed by atoms with Crippen LogP contribution in [0.25, 0.3) is 0 Å². The number of hydrogen-bond acceptors (Lipinski definition) is 4. The Kier molecular flexibility index (Phi) is 5.56. The van der Waals surface area contributed by atoms with Crippen molar-refractivity contribution in [2.75, 3.05) is 26.7 Å². The third-order valence-electron chi connectivity index (χ3n) is 3.98. The fourth-order valence-corrected chi connectivity index (χ4v) is 2.89. The molecule has 1 heterocycles. The van der Waals surface area contributed by atoms with Crippen molar-refractivity contribution in [2.45, 2.75) is 31.7 Å². The topological polar surface area (TPSA) is 55.6 Å². The number of benzene rings is 1. The van der Waals surface area contributed by atoms with E-state index in [1.54, 1.807) is 0 Å². The predicted octanol–water partition coefficient (Wildman–Crippen LogP) is 2.35. The Bertz CT molecular complexity index is 431. The van der Waals surface area contributed by atoms with Gasteiger partial charge in [-0.2, -0.15) is 0 Å². The minimum absolute atomic E-state index is 0.278. The minimum atomic E-state index is -0.278. The summed E-state index contributed by atoms with van der Waals surface area (Å²) < 4.78 is 4.73. The van der Waals surface area contributed by atoms with E-state index in [0.717, 1.165) is 26.1 Å². The number of nitrogens with two attached hydrogens (primary N) is 1. The molecule has 0 aliphatic carbocycles. The molecule has 1 aliphatic heterocycles. The molecule has 0 saturated carbocycles. The molecule has 1 unspecified atom stereocenters. The fraction of sp³-hybridized carbons (Fsp3) is 0.562. The third kappa shape index (κ3) is 3.58. The second kappa shape index (κ2) is 7.41. The van der Waals surface area contributed by atoms with Gasteiger partial charge < -0.3 is 10.5 Å². The average Bonchev–Trinajstić information content (AvgIpc) is 2.52. The summed E-state index contributed by atoms with van der Waals surface area (Å²) in [7, 11) is 1.41. The van der Waals surface area contributed by atoms with Crippen molar-refractivity contribution in [2.24, 2.45) is 5.73 Å². The number of nitrogens with zero attached hydrogens (tertiary/aromatic N) is 1. The number of likely N-dealkylation sites (tertiary alicyclic amines) is 1. The average molecular weight is 276 g/mol. The monoisotopic (exact) mass is 276 g/mol. The summed E-state index contributed by atoms with van der Waals surface area (Å²) in [4.78, 5) is 14.0. The molecule has 1 aliphatic rings. The largest absolute Gasteiger partial charge is 0.465 e. The van der Waals surface area contributed by atoms with Crippen LogP contribution in [0.3, 0.4) is 0 Å². The number of methoxy groups -OCH3 is 1. The first-order chi connectivity index (χ1) is 9.76. The van der Waals surface area contributed by atoms with Crippen molar-refractivity contribution in [3.63, 3.8) is 0 Å². The molecule has 4 heteroatoms. The van der Waals surface area contributed by atoms with Crippen molar-refractivity contribution >= 4 is 5.97 Å². The van der Waals surface area contributed by atoms with Crippen LogP contribution in [0.5, 0.6) is 0 Å². The molecule has 1 fully saturated rings. The number of carbonyl (C=O) groups is 1. The Morgan fingerprint density at radius 1 is 1.35 bits per heavy atom. The molecule has 0 amide bonds. The van der Waals surface area contributed by atoms with Gasteiger partial charge in [-0.3, -0.25) is 4.90 Å². The smallest absolute Gasteiger partial charge is 0.337 e. The second-order valence-electron chi connectivity index (χ2n) is 5.30. The molecule has 0 radical (unpaired) electrons. The maximum Gasteiger partial charge on any atom is 0.337 e. The van der Waals surface area contributed by atoms with Gasteiger partial charge in [0.25, 0.3) is 0 Å². The standard InChI is InChI=1S/C16H24N2O2/c1-20-16(19)14-8-6-13(7-9-14)15-5-2-3-11-18(15)12-4-10-17/h6-9,15H,2-5,10-12,17H2,1H3. The summed E-state index contributed by atoms with van der Waals surface area (Å²) in [6.45, 7) is 2.94. The van der Waals surface area contributed by atoms with Crippen LogP contribution < -0.4 is 5.73 Å². The van der Waals surface area contributed by atoms with Gasteiger partial charge in [0, 0.05) is 6.04 Å². The van der Waals surface area contributed by atoms with E-state index in [2.05, 4.69) is 17.0 Å². The first-order valence-corrected chi connectivity index (χ1v) is 7.38. The lowest BCUT2D eigenvalue weighted by Crippen LogP contribution is -2.35. The molecule has 2 rings (SSSR count). The summed E-state index contributed by atoms with van der Waals surface area (Å²) in [5, 5.41) is 0. The van der Waals surface area contributed by atoms with Gasteiger partial charge in [0.05, 0.1) is 12.7 Å². The van der Waals surface area contributed by atoms with E-state index in [1.807, 2.05) is 12.1 Å². The van der Waals surface area contributed by atoms with E-state index < -0.39 is 0 Å². The van der Waals surface area contributed by atoms with Gasteiger partial charge in [-0.25, -0.2) is 4.79 Å². The SMILES string of the molecule is COC(=O)c1ccc(C2CCCCN2CCCN)cc1. The summed E-state index contributed by atoms with van der Waals surface area (Å²) in [5.74, 6) is -0.278. The number of piperidine rings is 1. The zero-order valence-electron chi connectivity index (χ0n) is 12.2. The maximum atomic E-state index is 11.5. The summed E-state index contributed by atoms with van der Waals surface area (Å²) >= 11 is 0. The minimum Gasteiger partial charge on any atom is -0.465 e. The van der Waals surface area contributed by atoms with Crippen LogP contribution in [0.15, 0.2) is 24.3 Å². The van der Waals surface area contributed by atoms with Crippen molar-refractivity contribution in [1.29, 1.82) is 0 Å². The molecule has 0 bridgehead atoms. The summed E-state index contributed by atoms with van der Waals surface area (Å²) in [6, 6.07) is 8.28. The molecule has 1 aromatic rings. The lowest BCUT2D eigenvalue weighted by molar-refractivity contribution is 0.0600. The number of ether oxygens (including phenoxy) is 1. The quantitative estimate of drug-likeness (QED) is 0.839. The molecular formula is C16H24N2O2. The van der Waals surface area contributed by atoms with Crippen molar-refractivity contribution in [3.8, 4) is 0 Å².